The Labute approximate surface area is 215 Å². The minimum Gasteiger partial charge on any atom is -0.349 e. The molecule has 1 aliphatic carbocycles. The topological polar surface area (TPSA) is 70.2 Å². The Morgan fingerprint density at radius 2 is 1.46 bits per heavy atom. The smallest absolute Gasteiger partial charge is 0.349 e. The van der Waals surface area contributed by atoms with E-state index in [1.807, 2.05) is 7.05 Å². The van der Waals surface area contributed by atoms with Crippen molar-refractivity contribution in [1.29, 1.82) is 0 Å². The van der Waals surface area contributed by atoms with Gasteiger partial charge in [-0.05, 0) is 58.0 Å². The highest BCUT2D eigenvalue weighted by Gasteiger charge is 2.37. The number of rotatable bonds is 7. The first kappa shape index (κ1) is 34.4. The Morgan fingerprint density at radius 3 is 1.73 bits per heavy atom. The summed E-state index contributed by atoms with van der Waals surface area (Å²) < 4.78 is 76.6. The van der Waals surface area contributed by atoms with Crippen LogP contribution in [-0.4, -0.2) is 44.4 Å². The Hall–Kier alpha value is -2.58. The average Bonchev–Trinajstić information content (AvgIpc) is 2.86. The number of terminal acetylenes is 1. The van der Waals surface area contributed by atoms with Gasteiger partial charge in [-0.15, -0.1) is 6.42 Å². The van der Waals surface area contributed by atoms with Crippen LogP contribution in [0.2, 0.25) is 0 Å². The van der Waals surface area contributed by atoms with Gasteiger partial charge in [0.25, 0.3) is 5.91 Å². The largest absolute Gasteiger partial charge is 0.416 e. The molecule has 210 valence electrons. The van der Waals surface area contributed by atoms with E-state index in [-0.39, 0.29) is 17.6 Å². The van der Waals surface area contributed by atoms with E-state index in [0.29, 0.717) is 31.5 Å². The van der Waals surface area contributed by atoms with Crippen LogP contribution in [0.4, 0.5) is 26.3 Å². The SMILES string of the molecule is C#CC(CC)(CC)NC.CNCC=O.O=C(NC1CCCCC1)c1cc(C(F)(F)F)cc(C(F)(F)F)c1. The monoisotopic (exact) mass is 537 g/mol. The number of carbonyl (C=O) groups excluding carboxylic acids is 2. The lowest BCUT2D eigenvalue weighted by atomic mass is 9.95. The summed E-state index contributed by atoms with van der Waals surface area (Å²) in [6, 6.07) is 0.707. The number of benzene rings is 1. The summed E-state index contributed by atoms with van der Waals surface area (Å²) in [5.74, 6) is 1.84. The molecule has 3 N–H and O–H groups in total. The number of aldehydes is 1. The van der Waals surface area contributed by atoms with Gasteiger partial charge in [-0.25, -0.2) is 0 Å². The third kappa shape index (κ3) is 12.5. The first-order valence-corrected chi connectivity index (χ1v) is 12.1. The lowest BCUT2D eigenvalue weighted by molar-refractivity contribution is -0.143. The molecule has 0 aromatic heterocycles. The fourth-order valence-corrected chi connectivity index (χ4v) is 3.56. The van der Waals surface area contributed by atoms with Gasteiger partial charge in [0.1, 0.15) is 6.29 Å². The van der Waals surface area contributed by atoms with E-state index in [1.54, 1.807) is 7.05 Å². The Bertz CT molecular complexity index is 828. The molecule has 0 saturated heterocycles. The molecule has 5 nitrogen and oxygen atoms in total. The van der Waals surface area contributed by atoms with Crippen LogP contribution < -0.4 is 16.0 Å². The molecule has 1 amide bonds. The molecular formula is C26H37F6N3O2. The van der Waals surface area contributed by atoms with Gasteiger partial charge in [0.05, 0.1) is 23.2 Å². The maximum atomic E-state index is 12.8. The van der Waals surface area contributed by atoms with Crippen molar-refractivity contribution in [3.8, 4) is 12.3 Å². The summed E-state index contributed by atoms with van der Waals surface area (Å²) in [5.41, 5.74) is -3.65. The molecule has 0 aliphatic heterocycles. The van der Waals surface area contributed by atoms with E-state index in [9.17, 15) is 35.9 Å². The molecule has 0 bridgehead atoms. The van der Waals surface area contributed by atoms with Gasteiger partial charge in [-0.2, -0.15) is 26.3 Å². The highest BCUT2D eigenvalue weighted by atomic mass is 19.4. The summed E-state index contributed by atoms with van der Waals surface area (Å²) >= 11 is 0. The predicted molar refractivity (Wildman–Crippen MR) is 132 cm³/mol. The zero-order valence-corrected chi connectivity index (χ0v) is 21.7. The molecule has 1 saturated carbocycles. The molecule has 1 aromatic rings. The fraction of sp³-hybridized carbons (Fsp3) is 0.615. The summed E-state index contributed by atoms with van der Waals surface area (Å²) in [6.07, 6.45) is 2.34. The van der Waals surface area contributed by atoms with Crippen LogP contribution >= 0.6 is 0 Å². The number of nitrogens with one attached hydrogen (secondary N) is 3. The molecule has 2 rings (SSSR count). The molecule has 0 heterocycles. The van der Waals surface area contributed by atoms with Crippen LogP contribution in [0.25, 0.3) is 0 Å². The molecular weight excluding hydrogens is 500 g/mol. The van der Waals surface area contributed by atoms with E-state index in [2.05, 4.69) is 35.7 Å². The lowest BCUT2D eigenvalue weighted by Gasteiger charge is -2.24. The number of alkyl halides is 6. The van der Waals surface area contributed by atoms with Crippen molar-refractivity contribution >= 4 is 12.2 Å². The zero-order valence-electron chi connectivity index (χ0n) is 21.7. The summed E-state index contributed by atoms with van der Waals surface area (Å²) in [4.78, 5) is 21.4. The highest BCUT2D eigenvalue weighted by Crippen LogP contribution is 2.36. The number of carbonyl (C=O) groups is 2. The molecule has 0 radical (unpaired) electrons. The van der Waals surface area contributed by atoms with E-state index in [4.69, 9.17) is 6.42 Å². The summed E-state index contributed by atoms with van der Waals surface area (Å²) in [6.45, 7) is 4.65. The molecule has 0 atom stereocenters. The first-order chi connectivity index (χ1) is 17.2. The van der Waals surface area contributed by atoms with Crippen molar-refractivity contribution in [2.45, 2.75) is 82.7 Å². The number of halogens is 6. The molecule has 1 aromatic carbocycles. The average molecular weight is 538 g/mol. The second-order valence-electron chi connectivity index (χ2n) is 8.51. The van der Waals surface area contributed by atoms with Crippen molar-refractivity contribution < 1.29 is 35.9 Å². The lowest BCUT2D eigenvalue weighted by Crippen LogP contribution is -2.39. The normalized spacial score (nSPS) is 14.3. The van der Waals surface area contributed by atoms with Gasteiger partial charge in [-0.3, -0.25) is 4.79 Å². The van der Waals surface area contributed by atoms with E-state index in [1.165, 1.54) is 0 Å². The third-order valence-corrected chi connectivity index (χ3v) is 6.04. The second kappa shape index (κ2) is 16.3. The van der Waals surface area contributed by atoms with Crippen LogP contribution in [0.5, 0.6) is 0 Å². The predicted octanol–water partition coefficient (Wildman–Crippen LogP) is 5.59. The molecule has 11 heteroatoms. The number of hydrogen-bond donors (Lipinski definition) is 3. The third-order valence-electron chi connectivity index (χ3n) is 6.04. The molecule has 0 spiro atoms. The van der Waals surface area contributed by atoms with E-state index >= 15 is 0 Å². The maximum Gasteiger partial charge on any atom is 0.416 e. The van der Waals surface area contributed by atoms with Crippen LogP contribution in [0.15, 0.2) is 18.2 Å². The molecule has 1 aliphatic rings. The fourth-order valence-electron chi connectivity index (χ4n) is 3.56. The summed E-state index contributed by atoms with van der Waals surface area (Å²) in [7, 11) is 3.64. The molecule has 1 fully saturated rings. The van der Waals surface area contributed by atoms with Crippen LogP contribution in [0.3, 0.4) is 0 Å². The standard InChI is InChI=1S/C15H15F6NO.C8H15N.C3H7NO/c16-14(17,18)10-6-9(7-11(8-10)15(19,20)21)13(23)22-12-4-2-1-3-5-12;1-5-8(6-2,7-3)9-4;1-4-2-3-5/h6-8,12H,1-5H2,(H,22,23);1,9H,6-7H2,2-4H3;3-4H,2H2,1H3. The van der Waals surface area contributed by atoms with Crippen LogP contribution in [0, 0.1) is 12.3 Å². The highest BCUT2D eigenvalue weighted by molar-refractivity contribution is 5.94. The van der Waals surface area contributed by atoms with Gasteiger partial charge in [0.15, 0.2) is 0 Å². The quantitative estimate of drug-likeness (QED) is 0.241. The Morgan fingerprint density at radius 1 is 0.973 bits per heavy atom. The first-order valence-electron chi connectivity index (χ1n) is 12.1. The minimum absolute atomic E-state index is 0.0113. The van der Waals surface area contributed by atoms with Crippen LogP contribution in [0.1, 0.15) is 80.3 Å². The van der Waals surface area contributed by atoms with Crippen molar-refractivity contribution in [2.24, 2.45) is 0 Å². The Kier molecular flexibility index (Phi) is 15.2. The summed E-state index contributed by atoms with van der Waals surface area (Å²) in [5, 5.41) is 8.30. The van der Waals surface area contributed by atoms with Gasteiger partial charge in [0.2, 0.25) is 0 Å². The van der Waals surface area contributed by atoms with E-state index in [0.717, 1.165) is 38.4 Å². The van der Waals surface area contributed by atoms with Gasteiger partial charge in [-0.1, -0.05) is 39.0 Å². The van der Waals surface area contributed by atoms with Crippen LogP contribution in [-0.2, 0) is 17.1 Å². The molecule has 0 unspecified atom stereocenters. The van der Waals surface area contributed by atoms with Crippen molar-refractivity contribution in [1.82, 2.24) is 16.0 Å². The number of likely N-dealkylation sites (N-methyl/N-ethyl adjacent to an activating group) is 1. The second-order valence-corrected chi connectivity index (χ2v) is 8.51. The van der Waals surface area contributed by atoms with Gasteiger partial charge in [0, 0.05) is 11.6 Å². The Balaban J connectivity index is 0.000000765. The van der Waals surface area contributed by atoms with Gasteiger partial charge >= 0.3 is 12.4 Å². The van der Waals surface area contributed by atoms with Gasteiger partial charge < -0.3 is 20.7 Å². The minimum atomic E-state index is -4.96. The van der Waals surface area contributed by atoms with Crippen molar-refractivity contribution in [2.75, 3.05) is 20.6 Å². The van der Waals surface area contributed by atoms with E-state index < -0.39 is 35.0 Å². The number of hydrogen-bond acceptors (Lipinski definition) is 4. The zero-order chi connectivity index (χ0) is 28.7. The van der Waals surface area contributed by atoms with Crippen molar-refractivity contribution in [3.63, 3.8) is 0 Å². The maximum absolute atomic E-state index is 12.8. The van der Waals surface area contributed by atoms with Crippen molar-refractivity contribution in [3.05, 3.63) is 34.9 Å². The molecule has 37 heavy (non-hydrogen) atoms. The number of amides is 1.